The van der Waals surface area contributed by atoms with Crippen LogP contribution in [-0.4, -0.2) is 9.97 Å². The van der Waals surface area contributed by atoms with Crippen LogP contribution in [0, 0.1) is 11.8 Å². The fraction of sp³-hybridized carbons (Fsp3) is 0.643. The van der Waals surface area contributed by atoms with Gasteiger partial charge in [0, 0.05) is 12.4 Å². The SMILES string of the molecule is CCCCC(C)CCCc1ccnc(-c2cc(CCCC(C)CCCC)ccn2)c1. The minimum Gasteiger partial charge on any atom is -0.255 e. The van der Waals surface area contributed by atoms with Gasteiger partial charge in [-0.2, -0.15) is 0 Å². The number of unbranched alkanes of at least 4 members (excludes halogenated alkanes) is 2. The summed E-state index contributed by atoms with van der Waals surface area (Å²) in [6.07, 6.45) is 19.4. The minimum absolute atomic E-state index is 0.842. The Balaban J connectivity index is 1.87. The average molecular weight is 409 g/mol. The summed E-state index contributed by atoms with van der Waals surface area (Å²) in [6.45, 7) is 9.35. The zero-order valence-electron chi connectivity index (χ0n) is 20.0. The molecule has 2 atom stereocenters. The van der Waals surface area contributed by atoms with Gasteiger partial charge < -0.3 is 0 Å². The first-order chi connectivity index (χ1) is 14.6. The van der Waals surface area contributed by atoms with Gasteiger partial charge in [0.15, 0.2) is 0 Å². The van der Waals surface area contributed by atoms with E-state index in [4.69, 9.17) is 0 Å². The van der Waals surface area contributed by atoms with Gasteiger partial charge in [0.05, 0.1) is 11.4 Å². The molecule has 0 amide bonds. The lowest BCUT2D eigenvalue weighted by molar-refractivity contribution is 0.457. The van der Waals surface area contributed by atoms with Gasteiger partial charge >= 0.3 is 0 Å². The van der Waals surface area contributed by atoms with Crippen LogP contribution in [0.5, 0.6) is 0 Å². The van der Waals surface area contributed by atoms with Crippen LogP contribution in [-0.2, 0) is 12.8 Å². The van der Waals surface area contributed by atoms with Crippen LogP contribution in [0.15, 0.2) is 36.7 Å². The number of aryl methyl sites for hydroxylation is 2. The summed E-state index contributed by atoms with van der Waals surface area (Å²) in [4.78, 5) is 9.23. The Hall–Kier alpha value is -1.70. The van der Waals surface area contributed by atoms with E-state index in [9.17, 15) is 0 Å². The molecule has 0 aliphatic rings. The first kappa shape index (κ1) is 24.6. The Labute approximate surface area is 185 Å². The van der Waals surface area contributed by atoms with Crippen molar-refractivity contribution in [2.75, 3.05) is 0 Å². The number of nitrogens with zero attached hydrogens (tertiary/aromatic N) is 2. The summed E-state index contributed by atoms with van der Waals surface area (Å²) in [5, 5.41) is 0. The third-order valence-corrected chi connectivity index (χ3v) is 6.34. The van der Waals surface area contributed by atoms with E-state index in [2.05, 4.69) is 61.9 Å². The third-order valence-electron chi connectivity index (χ3n) is 6.34. The lowest BCUT2D eigenvalue weighted by atomic mass is 9.96. The number of hydrogen-bond acceptors (Lipinski definition) is 2. The standard InChI is InChI=1S/C28H44N2/c1-5-7-11-23(3)13-9-15-25-17-19-29-27(21-25)28-22-26(18-20-30-28)16-10-14-24(4)12-8-6-2/h17-24H,5-16H2,1-4H3. The molecule has 30 heavy (non-hydrogen) atoms. The fourth-order valence-electron chi connectivity index (χ4n) is 4.24. The Morgan fingerprint density at radius 1 is 0.633 bits per heavy atom. The van der Waals surface area contributed by atoms with Crippen molar-refractivity contribution in [2.24, 2.45) is 11.8 Å². The highest BCUT2D eigenvalue weighted by Gasteiger charge is 2.07. The van der Waals surface area contributed by atoms with Crippen molar-refractivity contribution >= 4 is 0 Å². The summed E-state index contributed by atoms with van der Waals surface area (Å²) in [5.74, 6) is 1.68. The highest BCUT2D eigenvalue weighted by molar-refractivity contribution is 5.55. The van der Waals surface area contributed by atoms with Crippen molar-refractivity contribution in [1.29, 1.82) is 0 Å². The molecule has 0 aromatic carbocycles. The average Bonchev–Trinajstić information content (AvgIpc) is 2.76. The molecular weight excluding hydrogens is 364 g/mol. The molecule has 0 radical (unpaired) electrons. The normalized spacial score (nSPS) is 13.3. The van der Waals surface area contributed by atoms with Crippen molar-refractivity contribution in [1.82, 2.24) is 9.97 Å². The van der Waals surface area contributed by atoms with E-state index in [1.165, 1.54) is 75.3 Å². The quantitative estimate of drug-likeness (QED) is 0.295. The van der Waals surface area contributed by atoms with Gasteiger partial charge in [0.1, 0.15) is 0 Å². The molecule has 0 saturated heterocycles. The molecule has 0 spiro atoms. The maximum atomic E-state index is 4.61. The first-order valence-electron chi connectivity index (χ1n) is 12.5. The smallest absolute Gasteiger partial charge is 0.0888 e. The lowest BCUT2D eigenvalue weighted by Crippen LogP contribution is -1.98. The van der Waals surface area contributed by atoms with Crippen LogP contribution >= 0.6 is 0 Å². The maximum absolute atomic E-state index is 4.61. The second-order valence-corrected chi connectivity index (χ2v) is 9.38. The molecule has 2 aromatic rings. The topological polar surface area (TPSA) is 25.8 Å². The number of hydrogen-bond donors (Lipinski definition) is 0. The highest BCUT2D eigenvalue weighted by atomic mass is 14.8. The molecule has 2 aromatic heterocycles. The predicted octanol–water partition coefficient (Wildman–Crippen LogP) is 8.44. The summed E-state index contributed by atoms with van der Waals surface area (Å²) < 4.78 is 0. The Kier molecular flexibility index (Phi) is 11.7. The van der Waals surface area contributed by atoms with Gasteiger partial charge in [-0.1, -0.05) is 79.1 Å². The van der Waals surface area contributed by atoms with Crippen molar-refractivity contribution in [3.8, 4) is 11.4 Å². The van der Waals surface area contributed by atoms with E-state index >= 15 is 0 Å². The van der Waals surface area contributed by atoms with Crippen LogP contribution in [0.3, 0.4) is 0 Å². The van der Waals surface area contributed by atoms with Crippen molar-refractivity contribution < 1.29 is 0 Å². The van der Waals surface area contributed by atoms with Crippen LogP contribution < -0.4 is 0 Å². The Morgan fingerprint density at radius 3 is 1.43 bits per heavy atom. The lowest BCUT2D eigenvalue weighted by Gasteiger charge is -2.11. The molecule has 2 heteroatoms. The van der Waals surface area contributed by atoms with Crippen LogP contribution in [0.1, 0.15) is 103 Å². The molecule has 0 aliphatic heterocycles. The second kappa shape index (κ2) is 14.3. The predicted molar refractivity (Wildman–Crippen MR) is 131 cm³/mol. The number of aromatic nitrogens is 2. The second-order valence-electron chi connectivity index (χ2n) is 9.38. The number of rotatable bonds is 15. The number of pyridine rings is 2. The van der Waals surface area contributed by atoms with Crippen LogP contribution in [0.25, 0.3) is 11.4 Å². The van der Waals surface area contributed by atoms with Crippen LogP contribution in [0.4, 0.5) is 0 Å². The van der Waals surface area contributed by atoms with Gasteiger partial charge in [0.25, 0.3) is 0 Å². The molecular formula is C28H44N2. The summed E-state index contributed by atoms with van der Waals surface area (Å²) in [5.41, 5.74) is 4.81. The van der Waals surface area contributed by atoms with Crippen LogP contribution in [0.2, 0.25) is 0 Å². The van der Waals surface area contributed by atoms with Crippen molar-refractivity contribution in [3.63, 3.8) is 0 Å². The fourth-order valence-corrected chi connectivity index (χ4v) is 4.24. The van der Waals surface area contributed by atoms with Crippen molar-refractivity contribution in [2.45, 2.75) is 105 Å². The van der Waals surface area contributed by atoms with Crippen molar-refractivity contribution in [3.05, 3.63) is 47.8 Å². The van der Waals surface area contributed by atoms with E-state index in [-0.39, 0.29) is 0 Å². The van der Waals surface area contributed by atoms with E-state index in [1.54, 1.807) is 0 Å². The summed E-state index contributed by atoms with van der Waals surface area (Å²) in [6, 6.07) is 8.83. The summed E-state index contributed by atoms with van der Waals surface area (Å²) in [7, 11) is 0. The molecule has 0 fully saturated rings. The largest absolute Gasteiger partial charge is 0.255 e. The minimum atomic E-state index is 0.842. The van der Waals surface area contributed by atoms with E-state index < -0.39 is 0 Å². The zero-order chi connectivity index (χ0) is 21.6. The molecule has 0 aliphatic carbocycles. The molecule has 2 heterocycles. The van der Waals surface area contributed by atoms with E-state index in [1.807, 2.05) is 12.4 Å². The monoisotopic (exact) mass is 408 g/mol. The zero-order valence-corrected chi connectivity index (χ0v) is 20.0. The molecule has 2 unspecified atom stereocenters. The van der Waals surface area contributed by atoms with E-state index in [0.29, 0.717) is 0 Å². The molecule has 0 saturated carbocycles. The van der Waals surface area contributed by atoms with Gasteiger partial charge in [-0.05, 0) is 72.9 Å². The van der Waals surface area contributed by atoms with Gasteiger partial charge in [-0.25, -0.2) is 0 Å². The maximum Gasteiger partial charge on any atom is 0.0888 e. The van der Waals surface area contributed by atoms with E-state index in [0.717, 1.165) is 36.1 Å². The first-order valence-corrected chi connectivity index (χ1v) is 12.5. The Morgan fingerprint density at radius 2 is 1.03 bits per heavy atom. The molecule has 166 valence electrons. The van der Waals surface area contributed by atoms with Gasteiger partial charge in [-0.15, -0.1) is 0 Å². The molecule has 2 rings (SSSR count). The Bertz CT molecular complexity index is 648. The highest BCUT2D eigenvalue weighted by Crippen LogP contribution is 2.21. The summed E-state index contributed by atoms with van der Waals surface area (Å²) >= 11 is 0. The van der Waals surface area contributed by atoms with Gasteiger partial charge in [0.2, 0.25) is 0 Å². The molecule has 2 nitrogen and oxygen atoms in total. The van der Waals surface area contributed by atoms with Gasteiger partial charge in [-0.3, -0.25) is 9.97 Å². The molecule has 0 N–H and O–H groups in total. The third kappa shape index (κ3) is 9.41. The molecule has 0 bridgehead atoms.